The summed E-state index contributed by atoms with van der Waals surface area (Å²) < 4.78 is 0. The van der Waals surface area contributed by atoms with Crippen LogP contribution in [-0.2, 0) is 0 Å². The Morgan fingerprint density at radius 1 is 0.853 bits per heavy atom. The third kappa shape index (κ3) is 6.07. The molecule has 3 aromatic carbocycles. The summed E-state index contributed by atoms with van der Waals surface area (Å²) in [7, 11) is 0. The molecule has 0 atom stereocenters. The molecule has 0 spiro atoms. The van der Waals surface area contributed by atoms with E-state index in [4.69, 9.17) is 0 Å². The zero-order chi connectivity index (χ0) is 23.2. The molecule has 178 valence electrons. The zero-order valence-corrected chi connectivity index (χ0v) is 19.8. The summed E-state index contributed by atoms with van der Waals surface area (Å²) in [6.07, 6.45) is 1.08. The van der Waals surface area contributed by atoms with E-state index in [0.29, 0.717) is 16.8 Å². The second-order valence-corrected chi connectivity index (χ2v) is 8.11. The fourth-order valence-electron chi connectivity index (χ4n) is 3.79. The molecule has 1 heterocycles. The molecule has 0 unspecified atom stereocenters. The number of benzene rings is 3. The minimum Gasteiger partial charge on any atom is -0.506 e. The highest BCUT2D eigenvalue weighted by molar-refractivity contribution is 6.11. The molecule has 0 aromatic heterocycles. The van der Waals surface area contributed by atoms with E-state index in [1.165, 1.54) is 6.07 Å². The van der Waals surface area contributed by atoms with E-state index in [9.17, 15) is 14.7 Å². The number of carbonyl (C=O) groups is 2. The van der Waals surface area contributed by atoms with Gasteiger partial charge in [0.25, 0.3) is 11.8 Å². The van der Waals surface area contributed by atoms with Crippen LogP contribution >= 0.6 is 12.4 Å². The summed E-state index contributed by atoms with van der Waals surface area (Å²) in [6, 6.07) is 19.3. The molecule has 2 amide bonds. The standard InChI is InChI=1S/C26H28N4O3.ClH/c1-18-6-8-19(9-7-18)25(32)28-22-4-2-5-23(31)24(22)29-26(33)20-10-12-21(13-11-20)30-16-3-14-27-15-17-30;/h2,4-13,27,31H,3,14-17H2,1H3,(H,28,32)(H,29,33);1H. The fourth-order valence-corrected chi connectivity index (χ4v) is 3.79. The second-order valence-electron chi connectivity index (χ2n) is 8.11. The van der Waals surface area contributed by atoms with Crippen LogP contribution in [0.25, 0.3) is 0 Å². The summed E-state index contributed by atoms with van der Waals surface area (Å²) >= 11 is 0. The maximum atomic E-state index is 12.9. The minimum atomic E-state index is -0.369. The number of halogens is 1. The van der Waals surface area contributed by atoms with Crippen LogP contribution in [0.5, 0.6) is 5.75 Å². The van der Waals surface area contributed by atoms with Gasteiger partial charge in [0.15, 0.2) is 0 Å². The van der Waals surface area contributed by atoms with Gasteiger partial charge in [0.05, 0.1) is 5.69 Å². The number of amides is 2. The van der Waals surface area contributed by atoms with Gasteiger partial charge in [0, 0.05) is 36.4 Å². The quantitative estimate of drug-likeness (QED) is 0.405. The van der Waals surface area contributed by atoms with Crippen LogP contribution in [0, 0.1) is 6.92 Å². The van der Waals surface area contributed by atoms with Gasteiger partial charge in [-0.25, -0.2) is 0 Å². The normalized spacial score (nSPS) is 13.4. The van der Waals surface area contributed by atoms with E-state index in [1.54, 1.807) is 36.4 Å². The molecule has 34 heavy (non-hydrogen) atoms. The first-order chi connectivity index (χ1) is 16.0. The summed E-state index contributed by atoms with van der Waals surface area (Å²) in [5.41, 5.74) is 3.55. The molecule has 4 rings (SSSR count). The Morgan fingerprint density at radius 2 is 1.50 bits per heavy atom. The first-order valence-electron chi connectivity index (χ1n) is 11.1. The van der Waals surface area contributed by atoms with Crippen molar-refractivity contribution in [2.24, 2.45) is 0 Å². The Labute approximate surface area is 205 Å². The third-order valence-corrected chi connectivity index (χ3v) is 5.68. The van der Waals surface area contributed by atoms with Crippen molar-refractivity contribution in [1.29, 1.82) is 0 Å². The third-order valence-electron chi connectivity index (χ3n) is 5.68. The Balaban J connectivity index is 0.00000324. The number of nitrogens with one attached hydrogen (secondary N) is 3. The Morgan fingerprint density at radius 3 is 2.21 bits per heavy atom. The Bertz CT molecular complexity index is 1130. The molecule has 8 heteroatoms. The highest BCUT2D eigenvalue weighted by atomic mass is 35.5. The van der Waals surface area contributed by atoms with Crippen LogP contribution in [0.3, 0.4) is 0 Å². The van der Waals surface area contributed by atoms with E-state index >= 15 is 0 Å². The molecule has 4 N–H and O–H groups in total. The van der Waals surface area contributed by atoms with Crippen molar-refractivity contribution in [3.05, 3.63) is 83.4 Å². The number of hydrogen-bond acceptors (Lipinski definition) is 5. The molecule has 1 aliphatic heterocycles. The number of phenolic OH excluding ortho intramolecular Hbond substituents is 1. The number of hydrogen-bond donors (Lipinski definition) is 4. The maximum Gasteiger partial charge on any atom is 0.255 e. The lowest BCUT2D eigenvalue weighted by atomic mass is 10.1. The van der Waals surface area contributed by atoms with Gasteiger partial charge >= 0.3 is 0 Å². The zero-order valence-electron chi connectivity index (χ0n) is 19.0. The maximum absolute atomic E-state index is 12.9. The SMILES string of the molecule is Cc1ccc(C(=O)Nc2cccc(O)c2NC(=O)c2ccc(N3CCCNCC3)cc2)cc1.Cl. The van der Waals surface area contributed by atoms with Crippen molar-refractivity contribution >= 4 is 41.3 Å². The summed E-state index contributed by atoms with van der Waals surface area (Å²) in [6.45, 7) is 5.79. The molecule has 1 fully saturated rings. The molecular weight excluding hydrogens is 452 g/mol. The van der Waals surface area contributed by atoms with E-state index in [0.717, 1.165) is 43.9 Å². The van der Waals surface area contributed by atoms with Crippen molar-refractivity contribution in [2.45, 2.75) is 13.3 Å². The number of anilines is 3. The molecule has 1 aliphatic rings. The second kappa shape index (κ2) is 11.5. The summed E-state index contributed by atoms with van der Waals surface area (Å²) in [4.78, 5) is 27.8. The van der Waals surface area contributed by atoms with Gasteiger partial charge in [-0.05, 0) is 68.4 Å². The summed E-state index contributed by atoms with van der Waals surface area (Å²) in [5, 5.41) is 19.3. The number of phenols is 1. The van der Waals surface area contributed by atoms with Crippen molar-refractivity contribution in [3.8, 4) is 5.75 Å². The highest BCUT2D eigenvalue weighted by Gasteiger charge is 2.16. The molecule has 0 saturated carbocycles. The molecular formula is C26H29ClN4O3. The van der Waals surface area contributed by atoms with Crippen molar-refractivity contribution < 1.29 is 14.7 Å². The molecule has 1 saturated heterocycles. The van der Waals surface area contributed by atoms with Gasteiger partial charge in [0.2, 0.25) is 0 Å². The first kappa shape index (κ1) is 25.1. The van der Waals surface area contributed by atoms with Crippen LogP contribution in [0.4, 0.5) is 17.1 Å². The first-order valence-corrected chi connectivity index (χ1v) is 11.1. The average molecular weight is 481 g/mol. The smallest absolute Gasteiger partial charge is 0.255 e. The minimum absolute atomic E-state index is 0. The van der Waals surface area contributed by atoms with Crippen LogP contribution < -0.4 is 20.9 Å². The van der Waals surface area contributed by atoms with Gasteiger partial charge in [-0.3, -0.25) is 9.59 Å². The molecule has 0 radical (unpaired) electrons. The number of para-hydroxylation sites is 1. The van der Waals surface area contributed by atoms with Gasteiger partial charge in [-0.2, -0.15) is 0 Å². The largest absolute Gasteiger partial charge is 0.506 e. The number of aryl methyl sites for hydroxylation is 1. The van der Waals surface area contributed by atoms with Crippen LogP contribution in [0.1, 0.15) is 32.7 Å². The topological polar surface area (TPSA) is 93.7 Å². The monoisotopic (exact) mass is 480 g/mol. The van der Waals surface area contributed by atoms with Crippen molar-refractivity contribution in [3.63, 3.8) is 0 Å². The molecule has 0 aliphatic carbocycles. The van der Waals surface area contributed by atoms with Gasteiger partial charge in [-0.15, -0.1) is 12.4 Å². The van der Waals surface area contributed by atoms with Crippen LogP contribution in [0.2, 0.25) is 0 Å². The van der Waals surface area contributed by atoms with Crippen molar-refractivity contribution in [1.82, 2.24) is 5.32 Å². The Hall–Kier alpha value is -3.55. The number of nitrogens with zero attached hydrogens (tertiary/aromatic N) is 1. The van der Waals surface area contributed by atoms with E-state index < -0.39 is 0 Å². The lowest BCUT2D eigenvalue weighted by molar-refractivity contribution is 0.101. The van der Waals surface area contributed by atoms with Crippen LogP contribution in [-0.4, -0.2) is 43.1 Å². The lowest BCUT2D eigenvalue weighted by Gasteiger charge is -2.22. The highest BCUT2D eigenvalue weighted by Crippen LogP contribution is 2.32. The number of carbonyl (C=O) groups excluding carboxylic acids is 2. The number of aromatic hydroxyl groups is 1. The van der Waals surface area contributed by atoms with Gasteiger partial charge < -0.3 is 26.0 Å². The predicted molar refractivity (Wildman–Crippen MR) is 139 cm³/mol. The van der Waals surface area contributed by atoms with Gasteiger partial charge in [0.1, 0.15) is 11.4 Å². The molecule has 3 aromatic rings. The van der Waals surface area contributed by atoms with E-state index in [-0.39, 0.29) is 35.7 Å². The molecule has 7 nitrogen and oxygen atoms in total. The van der Waals surface area contributed by atoms with Crippen LogP contribution in [0.15, 0.2) is 66.7 Å². The van der Waals surface area contributed by atoms with E-state index in [1.807, 2.05) is 31.2 Å². The predicted octanol–water partition coefficient (Wildman–Crippen LogP) is 4.43. The lowest BCUT2D eigenvalue weighted by Crippen LogP contribution is -2.27. The molecule has 0 bridgehead atoms. The van der Waals surface area contributed by atoms with Gasteiger partial charge in [-0.1, -0.05) is 23.8 Å². The fraction of sp³-hybridized carbons (Fsp3) is 0.231. The summed E-state index contributed by atoms with van der Waals surface area (Å²) in [5.74, 6) is -0.822. The average Bonchev–Trinajstić information content (AvgIpc) is 3.11. The van der Waals surface area contributed by atoms with Crippen molar-refractivity contribution in [2.75, 3.05) is 41.7 Å². The van der Waals surface area contributed by atoms with E-state index in [2.05, 4.69) is 20.9 Å². The number of rotatable bonds is 5. The Kier molecular flexibility index (Phi) is 8.51.